The Morgan fingerprint density at radius 3 is 2.42 bits per heavy atom. The number of piperazine rings is 1. The van der Waals surface area contributed by atoms with Gasteiger partial charge in [0.1, 0.15) is 5.82 Å². The fourth-order valence-corrected chi connectivity index (χ4v) is 3.72. The van der Waals surface area contributed by atoms with Crippen molar-refractivity contribution >= 4 is 23.7 Å². The molecule has 1 aliphatic heterocycles. The normalized spacial score (nSPS) is 17.3. The van der Waals surface area contributed by atoms with Crippen molar-refractivity contribution in [3.05, 3.63) is 57.5 Å². The lowest BCUT2D eigenvalue weighted by atomic mass is 9.99. The highest BCUT2D eigenvalue weighted by atomic mass is 35.5. The summed E-state index contributed by atoms with van der Waals surface area (Å²) in [4.78, 5) is 2.88. The van der Waals surface area contributed by atoms with Gasteiger partial charge in [0.15, 0.2) is 0 Å². The minimum Gasteiger partial charge on any atom is -0.314 e. The van der Waals surface area contributed by atoms with Crippen LogP contribution in [0.3, 0.4) is 0 Å². The summed E-state index contributed by atoms with van der Waals surface area (Å²) in [7, 11) is 0. The number of alkyl halides is 3. The van der Waals surface area contributed by atoms with Gasteiger partial charge in [0, 0.05) is 36.6 Å². The van der Waals surface area contributed by atoms with Crippen molar-refractivity contribution in [2.24, 2.45) is 0 Å². The Bertz CT molecular complexity index is 655. The molecule has 0 amide bonds. The van der Waals surface area contributed by atoms with Gasteiger partial charge in [0.2, 0.25) is 0 Å². The zero-order chi connectivity index (χ0) is 16.4. The molecule has 1 fully saturated rings. The van der Waals surface area contributed by atoms with Crippen LogP contribution in [0.4, 0.5) is 17.6 Å². The van der Waals surface area contributed by atoms with Gasteiger partial charge in [-0.1, -0.05) is 6.07 Å². The molecule has 0 saturated carbocycles. The van der Waals surface area contributed by atoms with Crippen molar-refractivity contribution < 1.29 is 17.6 Å². The van der Waals surface area contributed by atoms with Crippen LogP contribution in [0.25, 0.3) is 0 Å². The molecule has 1 N–H and O–H groups in total. The summed E-state index contributed by atoms with van der Waals surface area (Å²) in [6.07, 6.45) is -4.48. The van der Waals surface area contributed by atoms with E-state index in [9.17, 15) is 17.6 Å². The summed E-state index contributed by atoms with van der Waals surface area (Å²) in [6, 6.07) is 5.85. The molecular formula is C16H17ClF4N2S. The molecule has 24 heavy (non-hydrogen) atoms. The van der Waals surface area contributed by atoms with E-state index in [1.165, 1.54) is 11.3 Å². The van der Waals surface area contributed by atoms with Gasteiger partial charge >= 0.3 is 6.18 Å². The van der Waals surface area contributed by atoms with E-state index in [4.69, 9.17) is 0 Å². The quantitative estimate of drug-likeness (QED) is 0.798. The number of benzene rings is 1. The summed E-state index contributed by atoms with van der Waals surface area (Å²) >= 11 is 1.43. The van der Waals surface area contributed by atoms with E-state index in [-0.39, 0.29) is 18.0 Å². The Morgan fingerprint density at radius 2 is 1.83 bits per heavy atom. The SMILES string of the molecule is Cl.Fc1ccc(C(F)(F)F)cc1[C@@H](c1cccs1)N1CCNCC1. The molecule has 8 heteroatoms. The van der Waals surface area contributed by atoms with Crippen molar-refractivity contribution in [3.8, 4) is 0 Å². The number of hydrogen-bond acceptors (Lipinski definition) is 3. The van der Waals surface area contributed by atoms with E-state index < -0.39 is 23.6 Å². The zero-order valence-electron chi connectivity index (χ0n) is 12.6. The Balaban J connectivity index is 0.00000208. The van der Waals surface area contributed by atoms with Crippen LogP contribution in [0.15, 0.2) is 35.7 Å². The number of thiophene rings is 1. The van der Waals surface area contributed by atoms with Gasteiger partial charge in [-0.3, -0.25) is 4.90 Å². The smallest absolute Gasteiger partial charge is 0.314 e. The maximum absolute atomic E-state index is 14.3. The number of nitrogens with zero attached hydrogens (tertiary/aromatic N) is 1. The van der Waals surface area contributed by atoms with Crippen LogP contribution < -0.4 is 5.32 Å². The number of halogens is 5. The van der Waals surface area contributed by atoms with Crippen molar-refractivity contribution in [2.45, 2.75) is 12.2 Å². The molecule has 2 aromatic rings. The van der Waals surface area contributed by atoms with Crippen LogP contribution in [0, 0.1) is 5.82 Å². The highest BCUT2D eigenvalue weighted by molar-refractivity contribution is 7.10. The molecule has 0 aliphatic carbocycles. The lowest BCUT2D eigenvalue weighted by Crippen LogP contribution is -2.45. The second-order valence-electron chi connectivity index (χ2n) is 5.44. The highest BCUT2D eigenvalue weighted by Crippen LogP contribution is 2.37. The third kappa shape index (κ3) is 4.08. The summed E-state index contributed by atoms with van der Waals surface area (Å²) in [6.45, 7) is 2.81. The molecule has 0 unspecified atom stereocenters. The molecule has 3 rings (SSSR count). The average molecular weight is 381 g/mol. The number of rotatable bonds is 3. The first-order valence-corrected chi connectivity index (χ1v) is 8.19. The zero-order valence-corrected chi connectivity index (χ0v) is 14.3. The second-order valence-corrected chi connectivity index (χ2v) is 6.42. The topological polar surface area (TPSA) is 15.3 Å². The minimum absolute atomic E-state index is 0. The third-order valence-corrected chi connectivity index (χ3v) is 4.87. The highest BCUT2D eigenvalue weighted by Gasteiger charge is 2.34. The number of hydrogen-bond donors (Lipinski definition) is 1. The predicted octanol–water partition coefficient (Wildman–Crippen LogP) is 4.32. The van der Waals surface area contributed by atoms with Gasteiger partial charge in [0.05, 0.1) is 11.6 Å². The molecule has 0 bridgehead atoms. The van der Waals surface area contributed by atoms with Crippen LogP contribution in [-0.2, 0) is 6.18 Å². The fourth-order valence-electron chi connectivity index (χ4n) is 2.85. The van der Waals surface area contributed by atoms with Crippen LogP contribution >= 0.6 is 23.7 Å². The van der Waals surface area contributed by atoms with Crippen LogP contribution in [0.1, 0.15) is 22.0 Å². The van der Waals surface area contributed by atoms with E-state index in [0.29, 0.717) is 13.1 Å². The molecule has 1 aromatic carbocycles. The van der Waals surface area contributed by atoms with Crippen molar-refractivity contribution in [1.29, 1.82) is 0 Å². The van der Waals surface area contributed by atoms with Crippen LogP contribution in [0.5, 0.6) is 0 Å². The molecule has 1 saturated heterocycles. The van der Waals surface area contributed by atoms with Gasteiger partial charge < -0.3 is 5.32 Å². The molecule has 0 spiro atoms. The Morgan fingerprint density at radius 1 is 1.12 bits per heavy atom. The van der Waals surface area contributed by atoms with Gasteiger partial charge in [-0.15, -0.1) is 23.7 Å². The Kier molecular flexibility index (Phi) is 6.25. The summed E-state index contributed by atoms with van der Waals surface area (Å²) in [5, 5.41) is 5.06. The minimum atomic E-state index is -4.48. The summed E-state index contributed by atoms with van der Waals surface area (Å²) in [5.41, 5.74) is -0.727. The maximum atomic E-state index is 14.3. The van der Waals surface area contributed by atoms with Crippen LogP contribution in [0.2, 0.25) is 0 Å². The molecule has 1 aromatic heterocycles. The molecule has 0 radical (unpaired) electrons. The molecular weight excluding hydrogens is 364 g/mol. The first-order valence-electron chi connectivity index (χ1n) is 7.31. The lowest BCUT2D eigenvalue weighted by Gasteiger charge is -2.35. The predicted molar refractivity (Wildman–Crippen MR) is 89.3 cm³/mol. The Labute approximate surface area is 147 Å². The van der Waals surface area contributed by atoms with E-state index >= 15 is 0 Å². The molecule has 1 atom stereocenters. The largest absolute Gasteiger partial charge is 0.416 e. The first kappa shape index (κ1) is 19.2. The van der Waals surface area contributed by atoms with E-state index in [0.717, 1.165) is 36.2 Å². The molecule has 132 valence electrons. The number of nitrogens with one attached hydrogen (secondary N) is 1. The summed E-state index contributed by atoms with van der Waals surface area (Å²) in [5.74, 6) is -0.602. The van der Waals surface area contributed by atoms with Gasteiger partial charge in [0.25, 0.3) is 0 Å². The second kappa shape index (κ2) is 7.82. The van der Waals surface area contributed by atoms with E-state index in [1.807, 2.05) is 22.4 Å². The fraction of sp³-hybridized carbons (Fsp3) is 0.375. The molecule has 2 nitrogen and oxygen atoms in total. The maximum Gasteiger partial charge on any atom is 0.416 e. The van der Waals surface area contributed by atoms with Crippen molar-refractivity contribution in [2.75, 3.05) is 26.2 Å². The lowest BCUT2D eigenvalue weighted by molar-refractivity contribution is -0.137. The van der Waals surface area contributed by atoms with Crippen molar-refractivity contribution in [1.82, 2.24) is 10.2 Å². The van der Waals surface area contributed by atoms with Gasteiger partial charge in [-0.05, 0) is 29.6 Å². The molecule has 2 heterocycles. The van der Waals surface area contributed by atoms with Crippen molar-refractivity contribution in [3.63, 3.8) is 0 Å². The Hall–Kier alpha value is -1.15. The van der Waals surface area contributed by atoms with Crippen LogP contribution in [-0.4, -0.2) is 31.1 Å². The third-order valence-electron chi connectivity index (χ3n) is 3.95. The monoisotopic (exact) mass is 380 g/mol. The van der Waals surface area contributed by atoms with E-state index in [2.05, 4.69) is 5.32 Å². The van der Waals surface area contributed by atoms with Gasteiger partial charge in [-0.25, -0.2) is 4.39 Å². The summed E-state index contributed by atoms with van der Waals surface area (Å²) < 4.78 is 53.4. The van der Waals surface area contributed by atoms with Gasteiger partial charge in [-0.2, -0.15) is 13.2 Å². The standard InChI is InChI=1S/C16H16F4N2S.ClH/c17-13-4-3-11(16(18,19)20)10-12(13)15(14-2-1-9-23-14)22-7-5-21-6-8-22;/h1-4,9-10,15,21H,5-8H2;1H/t15-;/m0./s1. The van der Waals surface area contributed by atoms with E-state index in [1.54, 1.807) is 0 Å². The molecule has 1 aliphatic rings. The first-order chi connectivity index (χ1) is 11.0. The average Bonchev–Trinajstić information content (AvgIpc) is 3.03.